The molecule has 1 saturated heterocycles. The van der Waals surface area contributed by atoms with Gasteiger partial charge in [-0.05, 0) is 0 Å². The number of rotatable bonds is 1. The molecule has 0 N–H and O–H groups in total. The molecule has 0 aromatic rings. The average molecular weight is 230 g/mol. The second-order valence-electron chi connectivity index (χ2n) is 1.21. The van der Waals surface area contributed by atoms with Crippen LogP contribution in [-0.2, 0) is 9.78 Å². The van der Waals surface area contributed by atoms with Gasteiger partial charge in [-0.2, -0.15) is 0 Å². The summed E-state index contributed by atoms with van der Waals surface area (Å²) in [6.45, 7) is 0.692. The van der Waals surface area contributed by atoms with Gasteiger partial charge >= 0.3 is 57.4 Å². The van der Waals surface area contributed by atoms with Crippen LogP contribution in [0.2, 0.25) is 0 Å². The second kappa shape index (κ2) is 2.40. The fourth-order valence-electron chi connectivity index (χ4n) is 0.249. The molecule has 1 fully saturated rings. The zero-order valence-electron chi connectivity index (χ0n) is 3.46. The summed E-state index contributed by atoms with van der Waals surface area (Å²) in [6.07, 6.45) is 0.194. The third-order valence-corrected chi connectivity index (χ3v) is 1.83. The van der Waals surface area contributed by atoms with Gasteiger partial charge in [0.05, 0.1) is 0 Å². The molecule has 0 aromatic heterocycles. The summed E-state index contributed by atoms with van der Waals surface area (Å²) in [5, 5.41) is 0. The van der Waals surface area contributed by atoms with Crippen molar-refractivity contribution in [2.45, 2.75) is 6.10 Å². The second-order valence-corrected chi connectivity index (χ2v) is 4.62. The maximum absolute atomic E-state index is 4.61. The van der Waals surface area contributed by atoms with Gasteiger partial charge in [0.15, 0.2) is 0 Å². The van der Waals surface area contributed by atoms with Crippen LogP contribution in [-0.4, -0.2) is 47.6 Å². The minimum absolute atomic E-state index is 0.194. The Hall–Kier alpha value is 0.829. The van der Waals surface area contributed by atoms with Crippen molar-refractivity contribution in [3.63, 3.8) is 0 Å². The summed E-state index contributed by atoms with van der Waals surface area (Å²) < 4.78 is 1.10. The van der Waals surface area contributed by atoms with E-state index in [1.165, 1.54) is 0 Å². The van der Waals surface area contributed by atoms with Crippen LogP contribution in [0, 0.1) is 0 Å². The van der Waals surface area contributed by atoms with Crippen molar-refractivity contribution in [2.24, 2.45) is 0 Å². The van der Waals surface area contributed by atoms with Crippen LogP contribution >= 0.6 is 0 Å². The van der Waals surface area contributed by atoms with Crippen molar-refractivity contribution in [2.75, 3.05) is 6.61 Å². The molecule has 2 nitrogen and oxygen atoms in total. The first-order valence-electron chi connectivity index (χ1n) is 1.82. The monoisotopic (exact) mass is 232 g/mol. The molecule has 0 aromatic carbocycles. The summed E-state index contributed by atoms with van der Waals surface area (Å²) in [7, 11) is 0. The fourth-order valence-corrected chi connectivity index (χ4v) is 0.720. The summed E-state index contributed by atoms with van der Waals surface area (Å²) in [4.78, 5) is 9.05. The molecule has 40 valence electrons. The molecule has 0 saturated carbocycles. The molecule has 1 aliphatic rings. The first kappa shape index (κ1) is 5.96. The molecule has 1 aliphatic heterocycles. The Morgan fingerprint density at radius 1 is 1.86 bits per heavy atom. The van der Waals surface area contributed by atoms with E-state index < -0.39 is 0 Å². The van der Waals surface area contributed by atoms with Crippen molar-refractivity contribution in [1.29, 1.82) is 0 Å². The van der Waals surface area contributed by atoms with E-state index in [4.69, 9.17) is 0 Å². The Bertz CT molecular complexity index is 88.9. The molecule has 0 bridgehead atoms. The average Bonchev–Trinajstić information content (AvgIpc) is 1.23. The van der Waals surface area contributed by atoms with Gasteiger partial charge in [-0.15, -0.1) is 0 Å². The number of hydrogen-bond acceptors (Lipinski definition) is 2. The van der Waals surface area contributed by atoms with Gasteiger partial charge in [0.25, 0.3) is 0 Å². The molecule has 1 unspecified atom stereocenters. The molecular formula is C3H4O2Se2. The SMILES string of the molecule is [Se]=C([SeH])C1COO1. The summed E-state index contributed by atoms with van der Waals surface area (Å²) in [6, 6.07) is 0. The third kappa shape index (κ3) is 1.36. The van der Waals surface area contributed by atoms with Crippen LogP contribution in [0.5, 0.6) is 0 Å². The molecule has 0 spiro atoms. The third-order valence-electron chi connectivity index (χ3n) is 0.679. The van der Waals surface area contributed by atoms with E-state index in [1.54, 1.807) is 0 Å². The van der Waals surface area contributed by atoms with Crippen molar-refractivity contribution < 1.29 is 9.78 Å². The Kier molecular flexibility index (Phi) is 2.04. The Morgan fingerprint density at radius 2 is 2.43 bits per heavy atom. The Labute approximate surface area is 57.7 Å². The quantitative estimate of drug-likeness (QED) is 0.404. The van der Waals surface area contributed by atoms with Crippen LogP contribution < -0.4 is 0 Å². The zero-order chi connectivity index (χ0) is 5.28. The van der Waals surface area contributed by atoms with E-state index in [-0.39, 0.29) is 6.10 Å². The predicted molar refractivity (Wildman–Crippen MR) is 28.7 cm³/mol. The standard InChI is InChI=1S/C3H4O2Se2/c6-3(7)2-1-4-5-2/h2H,1H2,(H,6,7). The van der Waals surface area contributed by atoms with E-state index in [2.05, 4.69) is 41.4 Å². The van der Waals surface area contributed by atoms with E-state index in [0.29, 0.717) is 6.61 Å². The molecule has 0 amide bonds. The topological polar surface area (TPSA) is 18.5 Å². The minimum atomic E-state index is 0.194. The van der Waals surface area contributed by atoms with Gasteiger partial charge in [0.2, 0.25) is 0 Å². The van der Waals surface area contributed by atoms with Crippen molar-refractivity contribution >= 4 is 34.9 Å². The molecule has 7 heavy (non-hydrogen) atoms. The predicted octanol–water partition coefficient (Wildman–Crippen LogP) is -1.48. The molecule has 1 heterocycles. The summed E-state index contributed by atoms with van der Waals surface area (Å²) in [5.41, 5.74) is 0. The van der Waals surface area contributed by atoms with Crippen molar-refractivity contribution in [1.82, 2.24) is 0 Å². The molecule has 4 heteroatoms. The van der Waals surface area contributed by atoms with Crippen molar-refractivity contribution in [3.8, 4) is 0 Å². The fraction of sp³-hybridized carbons (Fsp3) is 0.667. The van der Waals surface area contributed by atoms with E-state index in [9.17, 15) is 0 Å². The first-order chi connectivity index (χ1) is 3.30. The summed E-state index contributed by atoms with van der Waals surface area (Å²) >= 11 is 5.21. The molecular weight excluding hydrogens is 226 g/mol. The van der Waals surface area contributed by atoms with Gasteiger partial charge in [-0.1, -0.05) is 0 Å². The normalized spacial score (nSPS) is 29.0. The molecule has 1 atom stereocenters. The van der Waals surface area contributed by atoms with E-state index in [1.807, 2.05) is 0 Å². The van der Waals surface area contributed by atoms with Crippen LogP contribution in [0.25, 0.3) is 0 Å². The molecule has 0 radical (unpaired) electrons. The van der Waals surface area contributed by atoms with Gasteiger partial charge in [0, 0.05) is 0 Å². The molecule has 1 rings (SSSR count). The van der Waals surface area contributed by atoms with Crippen molar-refractivity contribution in [3.05, 3.63) is 0 Å². The Morgan fingerprint density at radius 3 is 2.43 bits per heavy atom. The van der Waals surface area contributed by atoms with Crippen LogP contribution in [0.15, 0.2) is 0 Å². The first-order valence-corrected chi connectivity index (χ1v) is 3.61. The Balaban J connectivity index is 2.27. The zero-order valence-corrected chi connectivity index (χ0v) is 7.05. The van der Waals surface area contributed by atoms with Gasteiger partial charge in [0.1, 0.15) is 0 Å². The van der Waals surface area contributed by atoms with Crippen LogP contribution in [0.1, 0.15) is 0 Å². The van der Waals surface area contributed by atoms with Crippen LogP contribution in [0.4, 0.5) is 0 Å². The van der Waals surface area contributed by atoms with Gasteiger partial charge < -0.3 is 0 Å². The van der Waals surface area contributed by atoms with E-state index >= 15 is 0 Å². The summed E-state index contributed by atoms with van der Waals surface area (Å²) in [5.74, 6) is 0. The maximum atomic E-state index is 4.61. The van der Waals surface area contributed by atoms with Gasteiger partial charge in [-0.25, -0.2) is 0 Å². The molecule has 0 aliphatic carbocycles. The van der Waals surface area contributed by atoms with Crippen LogP contribution in [0.3, 0.4) is 0 Å². The van der Waals surface area contributed by atoms with Gasteiger partial charge in [-0.3, -0.25) is 0 Å². The number of hydrogen-bond donors (Lipinski definition) is 0. The van der Waals surface area contributed by atoms with E-state index in [0.717, 1.165) is 3.32 Å².